The minimum absolute atomic E-state index is 0.104. The van der Waals surface area contributed by atoms with Crippen LogP contribution >= 0.6 is 0 Å². The van der Waals surface area contributed by atoms with Gasteiger partial charge in [0.15, 0.2) is 0 Å². The Morgan fingerprint density at radius 2 is 1.18 bits per heavy atom. The van der Waals surface area contributed by atoms with Gasteiger partial charge in [0.05, 0.1) is 13.2 Å². The van der Waals surface area contributed by atoms with E-state index in [1.54, 1.807) is 13.0 Å². The lowest BCUT2D eigenvalue weighted by molar-refractivity contribution is -0.163. The van der Waals surface area contributed by atoms with E-state index < -0.39 is 73.5 Å². The summed E-state index contributed by atoms with van der Waals surface area (Å²) in [7, 11) is 0. The maximum atomic E-state index is 12.6. The van der Waals surface area contributed by atoms with Gasteiger partial charge in [-0.05, 0) is 106 Å². The number of carbonyl (C=O) groups excluding carboxylic acids is 6. The standard InChI is InChI=1S/C48H64O12/c1-8-9-10-12-37-14-16-38(17-15-37)28-56-42-21-18-39(19-22-42)40-20-23-43(41(27-40)13-11-24-55-46(53)33(2)3)57-29-48(32-60-47(54)34(4)5,30-58-44(51)25-35(6)49)31-59-45(52)26-36(7)50/h18-23,27,37-38H,2,4,8-17,24-26,28-32H2,1,3,5-7H3. The van der Waals surface area contributed by atoms with Gasteiger partial charge in [-0.15, -0.1) is 0 Å². The number of hydrogen-bond donors (Lipinski definition) is 0. The third kappa shape index (κ3) is 17.9. The van der Waals surface area contributed by atoms with Gasteiger partial charge in [-0.3, -0.25) is 19.2 Å². The predicted molar refractivity (Wildman–Crippen MR) is 227 cm³/mol. The van der Waals surface area contributed by atoms with Crippen molar-refractivity contribution in [2.24, 2.45) is 17.3 Å². The van der Waals surface area contributed by atoms with Gasteiger partial charge in [0, 0.05) is 11.1 Å². The molecule has 0 radical (unpaired) electrons. The van der Waals surface area contributed by atoms with E-state index in [9.17, 15) is 28.8 Å². The van der Waals surface area contributed by atoms with E-state index in [4.69, 9.17) is 28.4 Å². The first kappa shape index (κ1) is 49.1. The number of benzene rings is 2. The number of rotatable bonds is 27. The quantitative estimate of drug-likeness (QED) is 0.0278. The highest BCUT2D eigenvalue weighted by Crippen LogP contribution is 2.34. The van der Waals surface area contributed by atoms with Crippen LogP contribution in [0.3, 0.4) is 0 Å². The Labute approximate surface area is 355 Å². The summed E-state index contributed by atoms with van der Waals surface area (Å²) < 4.78 is 34.4. The van der Waals surface area contributed by atoms with Crippen molar-refractivity contribution in [3.8, 4) is 22.6 Å². The highest BCUT2D eigenvalue weighted by atomic mass is 16.6. The summed E-state index contributed by atoms with van der Waals surface area (Å²) in [6.07, 6.45) is 10.1. The summed E-state index contributed by atoms with van der Waals surface area (Å²) in [6.45, 7) is 14.2. The molecule has 0 N–H and O–H groups in total. The lowest BCUT2D eigenvalue weighted by Crippen LogP contribution is -2.44. The largest absolute Gasteiger partial charge is 0.493 e. The SMILES string of the molecule is C=C(C)C(=O)OCCCc1cc(-c2ccc(OCC3CCC(CCCCC)CC3)cc2)ccc1OCC(COC(=O)CC(C)=O)(COC(=O)CC(C)=O)COC(=O)C(=C)C. The Balaban J connectivity index is 1.85. The van der Waals surface area contributed by atoms with E-state index in [0.29, 0.717) is 31.1 Å². The summed E-state index contributed by atoms with van der Waals surface area (Å²) in [5.41, 5.74) is 1.50. The van der Waals surface area contributed by atoms with Crippen molar-refractivity contribution >= 4 is 35.4 Å². The summed E-state index contributed by atoms with van der Waals surface area (Å²) in [5, 5.41) is 0. The van der Waals surface area contributed by atoms with E-state index in [2.05, 4.69) is 20.1 Å². The van der Waals surface area contributed by atoms with Crippen LogP contribution in [-0.2, 0) is 54.1 Å². The highest BCUT2D eigenvalue weighted by molar-refractivity contribution is 5.94. The van der Waals surface area contributed by atoms with Gasteiger partial charge < -0.3 is 28.4 Å². The van der Waals surface area contributed by atoms with Crippen LogP contribution in [0.2, 0.25) is 0 Å². The van der Waals surface area contributed by atoms with Crippen molar-refractivity contribution in [2.75, 3.05) is 39.6 Å². The molecule has 12 nitrogen and oxygen atoms in total. The normalized spacial score (nSPS) is 14.9. The van der Waals surface area contributed by atoms with Gasteiger partial charge in [0.2, 0.25) is 0 Å². The fraction of sp³-hybridized carbons (Fsp3) is 0.542. The highest BCUT2D eigenvalue weighted by Gasteiger charge is 2.38. The second-order valence-corrected chi connectivity index (χ2v) is 16.3. The number of ether oxygens (including phenoxy) is 6. The molecule has 0 amide bonds. The van der Waals surface area contributed by atoms with E-state index in [0.717, 1.165) is 28.4 Å². The Morgan fingerprint density at radius 1 is 0.633 bits per heavy atom. The van der Waals surface area contributed by atoms with Crippen molar-refractivity contribution < 1.29 is 57.2 Å². The number of Topliss-reactive ketones (excluding diaryl/α,β-unsaturated/α-hetero) is 2. The molecule has 2 aromatic carbocycles. The second-order valence-electron chi connectivity index (χ2n) is 16.3. The zero-order chi connectivity index (χ0) is 44.1. The number of carbonyl (C=O) groups is 6. The summed E-state index contributed by atoms with van der Waals surface area (Å²) >= 11 is 0. The predicted octanol–water partition coefficient (Wildman–Crippen LogP) is 8.70. The molecule has 0 aliphatic heterocycles. The third-order valence-electron chi connectivity index (χ3n) is 10.3. The number of unbranched alkanes of at least 4 members (excludes halogenated alkanes) is 2. The van der Waals surface area contributed by atoms with Gasteiger partial charge >= 0.3 is 23.9 Å². The van der Waals surface area contributed by atoms with Crippen LogP contribution in [0.15, 0.2) is 66.8 Å². The molecule has 3 rings (SSSR count). The molecule has 0 heterocycles. The molecule has 328 valence electrons. The zero-order valence-electron chi connectivity index (χ0n) is 36.2. The summed E-state index contributed by atoms with van der Waals surface area (Å²) in [6, 6.07) is 13.6. The molecule has 0 bridgehead atoms. The first-order valence-corrected chi connectivity index (χ1v) is 21.0. The molecule has 0 aromatic heterocycles. The average Bonchev–Trinajstić information content (AvgIpc) is 3.21. The number of esters is 4. The molecule has 0 saturated heterocycles. The molecule has 1 aliphatic carbocycles. The Kier molecular flexibility index (Phi) is 20.8. The maximum Gasteiger partial charge on any atom is 0.333 e. The van der Waals surface area contributed by atoms with Crippen LogP contribution in [-0.4, -0.2) is 75.1 Å². The van der Waals surface area contributed by atoms with Gasteiger partial charge in [0.25, 0.3) is 0 Å². The number of aryl methyl sites for hydroxylation is 1. The summed E-state index contributed by atoms with van der Waals surface area (Å²) in [5.74, 6) is -1.11. The van der Waals surface area contributed by atoms with Crippen LogP contribution in [0.25, 0.3) is 11.1 Å². The molecule has 60 heavy (non-hydrogen) atoms. The molecule has 1 saturated carbocycles. The lowest BCUT2D eigenvalue weighted by Gasteiger charge is -2.32. The van der Waals surface area contributed by atoms with Crippen LogP contribution < -0.4 is 9.47 Å². The molecule has 2 aromatic rings. The van der Waals surface area contributed by atoms with E-state index in [-0.39, 0.29) is 24.4 Å². The van der Waals surface area contributed by atoms with Gasteiger partial charge in [0.1, 0.15) is 67.7 Å². The molecule has 1 fully saturated rings. The Bertz CT molecular complexity index is 1750. The molecular weight excluding hydrogens is 769 g/mol. The van der Waals surface area contributed by atoms with Crippen molar-refractivity contribution in [1.82, 2.24) is 0 Å². The zero-order valence-corrected chi connectivity index (χ0v) is 36.2. The average molecular weight is 833 g/mol. The summed E-state index contributed by atoms with van der Waals surface area (Å²) in [4.78, 5) is 73.0. The van der Waals surface area contributed by atoms with Crippen LogP contribution in [0.1, 0.15) is 111 Å². The van der Waals surface area contributed by atoms with E-state index in [1.165, 1.54) is 72.1 Å². The van der Waals surface area contributed by atoms with Crippen LogP contribution in [0, 0.1) is 17.3 Å². The molecule has 0 spiro atoms. The van der Waals surface area contributed by atoms with E-state index in [1.807, 2.05) is 36.4 Å². The van der Waals surface area contributed by atoms with Crippen molar-refractivity contribution in [1.29, 1.82) is 0 Å². The number of ketones is 2. The minimum atomic E-state index is -1.47. The van der Waals surface area contributed by atoms with Crippen LogP contribution in [0.5, 0.6) is 11.5 Å². The van der Waals surface area contributed by atoms with Crippen LogP contribution in [0.4, 0.5) is 0 Å². The van der Waals surface area contributed by atoms with E-state index >= 15 is 0 Å². The first-order chi connectivity index (χ1) is 28.6. The number of hydrogen-bond acceptors (Lipinski definition) is 12. The molecule has 1 aliphatic rings. The molecular formula is C48H64O12. The topological polar surface area (TPSA) is 158 Å². The van der Waals surface area contributed by atoms with Gasteiger partial charge in [-0.1, -0.05) is 76.8 Å². The smallest absolute Gasteiger partial charge is 0.333 e. The fourth-order valence-corrected chi connectivity index (χ4v) is 6.77. The second kappa shape index (κ2) is 25.4. The molecule has 12 heteroatoms. The van der Waals surface area contributed by atoms with Crippen molar-refractivity contribution in [3.63, 3.8) is 0 Å². The Hall–Kier alpha value is -5.26. The van der Waals surface area contributed by atoms with Crippen molar-refractivity contribution in [3.05, 3.63) is 72.3 Å². The Morgan fingerprint density at radius 3 is 1.75 bits per heavy atom. The first-order valence-electron chi connectivity index (χ1n) is 21.0. The maximum absolute atomic E-state index is 12.6. The van der Waals surface area contributed by atoms with Gasteiger partial charge in [-0.25, -0.2) is 9.59 Å². The van der Waals surface area contributed by atoms with Gasteiger partial charge in [-0.2, -0.15) is 0 Å². The fourth-order valence-electron chi connectivity index (χ4n) is 6.77. The molecule has 0 unspecified atom stereocenters. The van der Waals surface area contributed by atoms with Crippen molar-refractivity contribution in [2.45, 2.75) is 112 Å². The molecule has 0 atom stereocenters. The monoisotopic (exact) mass is 832 g/mol. The third-order valence-corrected chi connectivity index (χ3v) is 10.3. The lowest BCUT2D eigenvalue weighted by atomic mass is 9.80. The minimum Gasteiger partial charge on any atom is -0.493 e.